The zero-order valence-corrected chi connectivity index (χ0v) is 23.0. The van der Waals surface area contributed by atoms with Gasteiger partial charge in [0.15, 0.2) is 11.5 Å². The molecule has 0 aliphatic heterocycles. The number of benzene rings is 2. The van der Waals surface area contributed by atoms with Gasteiger partial charge >= 0.3 is 0 Å². The van der Waals surface area contributed by atoms with Crippen LogP contribution in [0.4, 0.5) is 5.69 Å². The van der Waals surface area contributed by atoms with Crippen LogP contribution in [0.3, 0.4) is 0 Å². The first-order chi connectivity index (χ1) is 17.1. The number of ether oxygens (including phenoxy) is 3. The molecular weight excluding hydrogens is 456 g/mol. The van der Waals surface area contributed by atoms with Crippen LogP contribution in [0.1, 0.15) is 87.2 Å². The van der Waals surface area contributed by atoms with Crippen molar-refractivity contribution in [2.45, 2.75) is 71.1 Å². The molecule has 7 heteroatoms. The van der Waals surface area contributed by atoms with E-state index in [2.05, 4.69) is 38.3 Å². The number of amides is 2. The van der Waals surface area contributed by atoms with Crippen molar-refractivity contribution >= 4 is 17.5 Å². The molecule has 36 heavy (non-hydrogen) atoms. The fraction of sp³-hybridized carbons (Fsp3) is 0.517. The number of hydrogen-bond acceptors (Lipinski definition) is 5. The van der Waals surface area contributed by atoms with Gasteiger partial charge in [-0.3, -0.25) is 9.59 Å². The van der Waals surface area contributed by atoms with Gasteiger partial charge in [0, 0.05) is 30.3 Å². The van der Waals surface area contributed by atoms with Crippen LogP contribution < -0.4 is 24.8 Å². The predicted octanol–water partition coefficient (Wildman–Crippen LogP) is 6.06. The number of unbranched alkanes of at least 4 members (excludes halogenated alkanes) is 2. The Bertz CT molecular complexity index is 1040. The molecule has 0 aromatic heterocycles. The van der Waals surface area contributed by atoms with Crippen LogP contribution in [-0.2, 0) is 10.2 Å². The van der Waals surface area contributed by atoms with E-state index in [9.17, 15) is 9.59 Å². The lowest BCUT2D eigenvalue weighted by molar-refractivity contribution is -0.116. The highest BCUT2D eigenvalue weighted by Crippen LogP contribution is 2.44. The topological polar surface area (TPSA) is 85.9 Å². The van der Waals surface area contributed by atoms with Crippen LogP contribution in [0.2, 0.25) is 0 Å². The van der Waals surface area contributed by atoms with Gasteiger partial charge in [-0.05, 0) is 41.5 Å². The Morgan fingerprint density at radius 3 is 2.19 bits per heavy atom. The molecule has 0 saturated heterocycles. The van der Waals surface area contributed by atoms with Gasteiger partial charge in [0.05, 0.1) is 21.3 Å². The molecule has 0 radical (unpaired) electrons. The van der Waals surface area contributed by atoms with E-state index in [-0.39, 0.29) is 29.6 Å². The highest BCUT2D eigenvalue weighted by molar-refractivity contribution is 5.98. The lowest BCUT2D eigenvalue weighted by Crippen LogP contribution is -2.23. The molecule has 198 valence electrons. The largest absolute Gasteiger partial charge is 0.493 e. The quantitative estimate of drug-likeness (QED) is 0.347. The van der Waals surface area contributed by atoms with Crippen molar-refractivity contribution in [1.29, 1.82) is 0 Å². The minimum Gasteiger partial charge on any atom is -0.493 e. The number of nitrogens with one attached hydrogen (secondary N) is 2. The van der Waals surface area contributed by atoms with Crippen LogP contribution in [0.25, 0.3) is 0 Å². The second-order valence-corrected chi connectivity index (χ2v) is 9.96. The molecule has 1 unspecified atom stereocenters. The Balaban J connectivity index is 2.43. The summed E-state index contributed by atoms with van der Waals surface area (Å²) in [5.74, 6) is 1.29. The monoisotopic (exact) mass is 498 g/mol. The Hall–Kier alpha value is -3.22. The minimum atomic E-state index is -0.211. The Labute approximate surface area is 215 Å². The van der Waals surface area contributed by atoms with Crippen LogP contribution >= 0.6 is 0 Å². The van der Waals surface area contributed by atoms with Gasteiger partial charge in [0.1, 0.15) is 0 Å². The molecule has 0 heterocycles. The highest BCUT2D eigenvalue weighted by atomic mass is 16.5. The van der Waals surface area contributed by atoms with E-state index in [0.29, 0.717) is 28.5 Å². The summed E-state index contributed by atoms with van der Waals surface area (Å²) in [4.78, 5) is 25.7. The molecule has 0 spiro atoms. The van der Waals surface area contributed by atoms with Gasteiger partial charge in [0.2, 0.25) is 11.7 Å². The van der Waals surface area contributed by atoms with E-state index >= 15 is 0 Å². The van der Waals surface area contributed by atoms with Crippen molar-refractivity contribution in [2.24, 2.45) is 0 Å². The van der Waals surface area contributed by atoms with E-state index in [1.807, 2.05) is 18.2 Å². The van der Waals surface area contributed by atoms with E-state index in [4.69, 9.17) is 14.2 Å². The summed E-state index contributed by atoms with van der Waals surface area (Å²) in [7, 11) is 6.36. The molecule has 0 aliphatic rings. The predicted molar refractivity (Wildman–Crippen MR) is 145 cm³/mol. The maximum Gasteiger partial charge on any atom is 0.251 e. The lowest BCUT2D eigenvalue weighted by atomic mass is 9.84. The van der Waals surface area contributed by atoms with Crippen molar-refractivity contribution in [3.8, 4) is 17.2 Å². The molecule has 0 saturated carbocycles. The summed E-state index contributed by atoms with van der Waals surface area (Å²) in [6.45, 7) is 8.41. The van der Waals surface area contributed by atoms with Crippen LogP contribution in [0, 0.1) is 0 Å². The molecule has 7 nitrogen and oxygen atoms in total. The zero-order chi connectivity index (χ0) is 26.9. The third kappa shape index (κ3) is 7.15. The molecule has 1 atom stereocenters. The molecule has 2 aromatic rings. The summed E-state index contributed by atoms with van der Waals surface area (Å²) in [5.41, 5.74) is 2.82. The molecule has 0 aliphatic carbocycles. The molecule has 2 N–H and O–H groups in total. The second-order valence-electron chi connectivity index (χ2n) is 9.96. The summed E-state index contributed by atoms with van der Waals surface area (Å²) >= 11 is 0. The molecule has 2 aromatic carbocycles. The lowest BCUT2D eigenvalue weighted by Gasteiger charge is -2.25. The second kappa shape index (κ2) is 13.2. The normalized spacial score (nSPS) is 12.0. The molecule has 2 rings (SSSR count). The van der Waals surface area contributed by atoms with E-state index < -0.39 is 0 Å². The fourth-order valence-electron chi connectivity index (χ4n) is 4.47. The van der Waals surface area contributed by atoms with Crippen LogP contribution in [0.15, 0.2) is 30.3 Å². The maximum atomic E-state index is 13.4. The van der Waals surface area contributed by atoms with Gasteiger partial charge in [-0.25, -0.2) is 0 Å². The van der Waals surface area contributed by atoms with Crippen molar-refractivity contribution in [1.82, 2.24) is 5.32 Å². The number of carbonyl (C=O) groups excluding carboxylic acids is 2. The first-order valence-corrected chi connectivity index (χ1v) is 12.6. The van der Waals surface area contributed by atoms with E-state index in [0.717, 1.165) is 36.8 Å². The van der Waals surface area contributed by atoms with E-state index in [1.165, 1.54) is 0 Å². The Kier molecular flexibility index (Phi) is 10.6. The average Bonchev–Trinajstić information content (AvgIpc) is 2.85. The Morgan fingerprint density at radius 2 is 1.64 bits per heavy atom. The molecule has 0 fully saturated rings. The van der Waals surface area contributed by atoms with Gasteiger partial charge in [0.25, 0.3) is 5.91 Å². The molecule has 2 amide bonds. The minimum absolute atomic E-state index is 0.0773. The maximum absolute atomic E-state index is 13.4. The number of methoxy groups -OCH3 is 3. The fourth-order valence-corrected chi connectivity index (χ4v) is 4.47. The zero-order valence-electron chi connectivity index (χ0n) is 23.0. The van der Waals surface area contributed by atoms with Gasteiger partial charge in [-0.15, -0.1) is 0 Å². The average molecular weight is 499 g/mol. The number of rotatable bonds is 12. The van der Waals surface area contributed by atoms with Crippen molar-refractivity contribution in [3.05, 3.63) is 47.0 Å². The molecular formula is C29H42N2O5. The third-order valence-electron chi connectivity index (χ3n) is 6.35. The van der Waals surface area contributed by atoms with Crippen molar-refractivity contribution < 1.29 is 23.8 Å². The van der Waals surface area contributed by atoms with Crippen molar-refractivity contribution in [2.75, 3.05) is 33.7 Å². The molecule has 0 bridgehead atoms. The smallest absolute Gasteiger partial charge is 0.251 e. The summed E-state index contributed by atoms with van der Waals surface area (Å²) in [6, 6.07) is 9.26. The SMILES string of the molecule is CCCCCC(CC(=O)Nc1cc(C(=O)NC)ccc1C(C)(C)C)c1ccc(OC)c(OC)c1OC. The van der Waals surface area contributed by atoms with Crippen LogP contribution in [-0.4, -0.2) is 40.2 Å². The number of hydrogen-bond donors (Lipinski definition) is 2. The first-order valence-electron chi connectivity index (χ1n) is 12.6. The van der Waals surface area contributed by atoms with Gasteiger partial charge in [-0.2, -0.15) is 0 Å². The van der Waals surface area contributed by atoms with Gasteiger partial charge < -0.3 is 24.8 Å². The number of carbonyl (C=O) groups is 2. The highest BCUT2D eigenvalue weighted by Gasteiger charge is 2.26. The first kappa shape index (κ1) is 29.0. The van der Waals surface area contributed by atoms with Crippen LogP contribution in [0.5, 0.6) is 17.2 Å². The van der Waals surface area contributed by atoms with Crippen molar-refractivity contribution in [3.63, 3.8) is 0 Å². The summed E-state index contributed by atoms with van der Waals surface area (Å²) in [5, 5.41) is 5.75. The third-order valence-corrected chi connectivity index (χ3v) is 6.35. The van der Waals surface area contributed by atoms with E-state index in [1.54, 1.807) is 40.5 Å². The summed E-state index contributed by atoms with van der Waals surface area (Å²) in [6.07, 6.45) is 4.26. The number of anilines is 1. The Morgan fingerprint density at radius 1 is 0.944 bits per heavy atom. The standard InChI is InChI=1S/C29H42N2O5/c1-9-10-11-12-19(21-14-16-24(34-6)27(36-8)26(21)35-7)18-25(32)31-23-17-20(28(33)30-5)13-15-22(23)29(2,3)4/h13-17,19H,9-12,18H2,1-8H3,(H,30,33)(H,31,32). The van der Waals surface area contributed by atoms with Gasteiger partial charge in [-0.1, -0.05) is 59.1 Å². The summed E-state index contributed by atoms with van der Waals surface area (Å²) < 4.78 is 16.8.